The lowest BCUT2D eigenvalue weighted by Crippen LogP contribution is -2.30. The molecule has 26 heavy (non-hydrogen) atoms. The molecule has 0 atom stereocenters. The van der Waals surface area contributed by atoms with Crippen LogP contribution < -0.4 is 9.46 Å². The second-order valence-electron chi connectivity index (χ2n) is 4.82. The van der Waals surface area contributed by atoms with E-state index in [1.807, 2.05) is 0 Å². The van der Waals surface area contributed by atoms with E-state index in [-0.39, 0.29) is 11.8 Å². The number of alkyl halides is 6. The van der Waals surface area contributed by atoms with E-state index in [0.717, 1.165) is 29.0 Å². The minimum absolute atomic E-state index is 0.140. The van der Waals surface area contributed by atoms with Crippen LogP contribution in [0.25, 0.3) is 0 Å². The highest BCUT2D eigenvalue weighted by Crippen LogP contribution is 2.38. The molecule has 12 heteroatoms. The van der Waals surface area contributed by atoms with Crippen molar-refractivity contribution in [2.75, 3.05) is 4.72 Å². The molecule has 0 aliphatic carbocycles. The summed E-state index contributed by atoms with van der Waals surface area (Å²) >= 11 is 0. The first-order valence-electron chi connectivity index (χ1n) is 6.53. The highest BCUT2D eigenvalue weighted by atomic mass is 32.2. The van der Waals surface area contributed by atoms with E-state index in [0.29, 0.717) is 12.1 Å². The summed E-state index contributed by atoms with van der Waals surface area (Å²) in [4.78, 5) is 0. The second kappa shape index (κ2) is 6.67. The van der Waals surface area contributed by atoms with Crippen molar-refractivity contribution in [1.82, 2.24) is 0 Å². The Labute approximate surface area is 142 Å². The topological polar surface area (TPSA) is 55.4 Å². The van der Waals surface area contributed by atoms with Crippen molar-refractivity contribution in [2.45, 2.75) is 11.7 Å². The predicted molar refractivity (Wildman–Crippen MR) is 76.5 cm³/mol. The molecule has 1 N–H and O–H groups in total. The van der Waals surface area contributed by atoms with Crippen molar-refractivity contribution in [3.63, 3.8) is 0 Å². The first kappa shape index (κ1) is 19.8. The van der Waals surface area contributed by atoms with Crippen molar-refractivity contribution >= 4 is 15.7 Å². The van der Waals surface area contributed by atoms with Gasteiger partial charge in [-0.25, -0.2) is 4.39 Å². The quantitative estimate of drug-likeness (QED) is 0.739. The van der Waals surface area contributed by atoms with E-state index in [1.165, 1.54) is 0 Å². The smallest absolute Gasteiger partial charge is 0.455 e. The number of halogens is 7. The van der Waals surface area contributed by atoms with Crippen molar-refractivity contribution in [3.8, 4) is 11.5 Å². The number of hydrogen-bond acceptors (Lipinski definition) is 3. The van der Waals surface area contributed by atoms with Gasteiger partial charge < -0.3 is 4.74 Å². The lowest BCUT2D eigenvalue weighted by molar-refractivity contribution is -0.137. The summed E-state index contributed by atoms with van der Waals surface area (Å²) in [5.74, 6) is -1.45. The number of rotatable bonds is 4. The molecular formula is C14H8F7NO3S. The minimum atomic E-state index is -5.99. The fraction of sp³-hybridized carbons (Fsp3) is 0.143. The van der Waals surface area contributed by atoms with Crippen molar-refractivity contribution < 1.29 is 43.9 Å². The molecule has 2 aromatic carbocycles. The molecule has 0 saturated carbocycles. The summed E-state index contributed by atoms with van der Waals surface area (Å²) < 4.78 is 117. The Bertz CT molecular complexity index is 890. The van der Waals surface area contributed by atoms with Gasteiger partial charge in [-0.15, -0.1) is 0 Å². The van der Waals surface area contributed by atoms with E-state index >= 15 is 0 Å². The normalized spacial score (nSPS) is 12.7. The van der Waals surface area contributed by atoms with Gasteiger partial charge in [0.25, 0.3) is 0 Å². The summed E-state index contributed by atoms with van der Waals surface area (Å²) in [6, 6.07) is 5.24. The number of ether oxygens (including phenoxy) is 1. The molecule has 0 unspecified atom stereocenters. The van der Waals surface area contributed by atoms with Gasteiger partial charge in [0, 0.05) is 0 Å². The zero-order valence-electron chi connectivity index (χ0n) is 12.3. The van der Waals surface area contributed by atoms with Crippen molar-refractivity contribution in [2.24, 2.45) is 0 Å². The Kier molecular flexibility index (Phi) is 5.08. The van der Waals surface area contributed by atoms with Gasteiger partial charge in [-0.2, -0.15) is 34.8 Å². The first-order chi connectivity index (χ1) is 11.8. The molecule has 4 nitrogen and oxygen atoms in total. The van der Waals surface area contributed by atoms with Gasteiger partial charge in [-0.3, -0.25) is 4.72 Å². The molecular weight excluding hydrogens is 395 g/mol. The molecule has 0 aliphatic rings. The Morgan fingerprint density at radius 3 is 1.96 bits per heavy atom. The third-order valence-electron chi connectivity index (χ3n) is 2.90. The Morgan fingerprint density at radius 2 is 1.46 bits per heavy atom. The number of sulfonamides is 1. The molecule has 0 heterocycles. The number of nitrogens with one attached hydrogen (secondary N) is 1. The molecule has 2 aromatic rings. The molecule has 0 radical (unpaired) electrons. The minimum Gasteiger partial charge on any atom is -0.455 e. The molecule has 0 amide bonds. The van der Waals surface area contributed by atoms with Gasteiger partial charge in [0.05, 0.1) is 11.3 Å². The van der Waals surface area contributed by atoms with Gasteiger partial charge >= 0.3 is 21.7 Å². The van der Waals surface area contributed by atoms with Gasteiger partial charge in [0.2, 0.25) is 0 Å². The van der Waals surface area contributed by atoms with E-state index in [1.54, 1.807) is 0 Å². The van der Waals surface area contributed by atoms with Crippen LogP contribution >= 0.6 is 0 Å². The Balaban J connectivity index is 2.48. The van der Waals surface area contributed by atoms with Gasteiger partial charge in [0.15, 0.2) is 5.75 Å². The zero-order valence-corrected chi connectivity index (χ0v) is 13.1. The molecule has 0 spiro atoms. The van der Waals surface area contributed by atoms with Crippen LogP contribution in [0, 0.1) is 5.82 Å². The number of benzene rings is 2. The van der Waals surface area contributed by atoms with E-state index < -0.39 is 44.5 Å². The summed E-state index contributed by atoms with van der Waals surface area (Å²) in [5, 5.41) is 0. The molecule has 0 aliphatic heterocycles. The second-order valence-corrected chi connectivity index (χ2v) is 6.49. The van der Waals surface area contributed by atoms with Crippen LogP contribution in [0.1, 0.15) is 5.56 Å². The average molecular weight is 403 g/mol. The maximum Gasteiger partial charge on any atom is 0.516 e. The molecule has 0 bridgehead atoms. The maximum atomic E-state index is 12.8. The molecule has 142 valence electrons. The zero-order chi connectivity index (χ0) is 19.8. The predicted octanol–water partition coefficient (Wildman–Crippen LogP) is 4.90. The highest BCUT2D eigenvalue weighted by Gasteiger charge is 2.46. The van der Waals surface area contributed by atoms with Crippen LogP contribution in [0.3, 0.4) is 0 Å². The first-order valence-corrected chi connectivity index (χ1v) is 8.02. The van der Waals surface area contributed by atoms with Gasteiger partial charge in [0.1, 0.15) is 11.6 Å². The fourth-order valence-corrected chi connectivity index (χ4v) is 2.27. The standard InChI is InChI=1S/C14H8F7NO3S/c15-9-2-4-10(5-3-9)25-12-6-1-8(13(16,17)18)7-11(12)22-26(23,24)14(19,20)21/h1-7,22H. The van der Waals surface area contributed by atoms with E-state index in [9.17, 15) is 39.2 Å². The lowest BCUT2D eigenvalue weighted by Gasteiger charge is -2.16. The van der Waals surface area contributed by atoms with Crippen LogP contribution in [-0.4, -0.2) is 13.9 Å². The Morgan fingerprint density at radius 1 is 0.885 bits per heavy atom. The van der Waals surface area contributed by atoms with E-state index in [4.69, 9.17) is 4.74 Å². The monoisotopic (exact) mass is 403 g/mol. The van der Waals surface area contributed by atoms with Crippen LogP contribution in [0.4, 0.5) is 36.4 Å². The maximum absolute atomic E-state index is 12.8. The third kappa shape index (κ3) is 4.56. The third-order valence-corrected chi connectivity index (χ3v) is 4.00. The average Bonchev–Trinajstić information content (AvgIpc) is 2.48. The van der Waals surface area contributed by atoms with Crippen LogP contribution in [0.2, 0.25) is 0 Å². The highest BCUT2D eigenvalue weighted by molar-refractivity contribution is 7.93. The molecule has 0 fully saturated rings. The van der Waals surface area contributed by atoms with Gasteiger partial charge in [-0.1, -0.05) is 0 Å². The van der Waals surface area contributed by atoms with Crippen molar-refractivity contribution in [3.05, 3.63) is 53.8 Å². The fourth-order valence-electron chi connectivity index (χ4n) is 1.71. The summed E-state index contributed by atoms with van der Waals surface area (Å²) in [6.07, 6.45) is -4.94. The summed E-state index contributed by atoms with van der Waals surface area (Å²) in [6.45, 7) is 0. The van der Waals surface area contributed by atoms with Crippen LogP contribution in [-0.2, 0) is 16.2 Å². The largest absolute Gasteiger partial charge is 0.516 e. The number of hydrogen-bond donors (Lipinski definition) is 1. The Hall–Kier alpha value is -2.50. The number of anilines is 1. The molecule has 0 aromatic heterocycles. The summed E-state index contributed by atoms with van der Waals surface area (Å²) in [7, 11) is -5.99. The molecule has 0 saturated heterocycles. The van der Waals surface area contributed by atoms with E-state index in [2.05, 4.69) is 0 Å². The van der Waals surface area contributed by atoms with Crippen LogP contribution in [0.15, 0.2) is 42.5 Å². The van der Waals surface area contributed by atoms with Gasteiger partial charge in [-0.05, 0) is 42.5 Å². The van der Waals surface area contributed by atoms with Crippen LogP contribution in [0.5, 0.6) is 11.5 Å². The summed E-state index contributed by atoms with van der Waals surface area (Å²) in [5.41, 5.74) is -8.24. The molecule has 2 rings (SSSR count). The van der Waals surface area contributed by atoms with Crippen molar-refractivity contribution in [1.29, 1.82) is 0 Å². The lowest BCUT2D eigenvalue weighted by atomic mass is 10.2. The SMILES string of the molecule is O=S(=O)(Nc1cc(C(F)(F)F)ccc1Oc1ccc(F)cc1)C(F)(F)F.